The van der Waals surface area contributed by atoms with E-state index in [4.69, 9.17) is 0 Å². The number of likely N-dealkylation sites (N-methyl/N-ethyl adjacent to an activating group) is 1. The summed E-state index contributed by atoms with van der Waals surface area (Å²) in [6, 6.07) is 9.28. The normalized spacial score (nSPS) is 12.6. The van der Waals surface area contributed by atoms with Gasteiger partial charge in [-0.2, -0.15) is 0 Å². The zero-order valence-electron chi connectivity index (χ0n) is 12.8. The Morgan fingerprint density at radius 1 is 1.35 bits per heavy atom. The van der Waals surface area contributed by atoms with E-state index in [-0.39, 0.29) is 0 Å². The number of imidazole rings is 1. The van der Waals surface area contributed by atoms with Crippen molar-refractivity contribution in [2.45, 2.75) is 39.2 Å². The van der Waals surface area contributed by atoms with Crippen molar-refractivity contribution in [3.05, 3.63) is 53.6 Å². The molecule has 0 bridgehead atoms. The first-order valence-corrected chi connectivity index (χ1v) is 7.44. The van der Waals surface area contributed by atoms with Crippen molar-refractivity contribution in [1.29, 1.82) is 0 Å². The Balaban J connectivity index is 1.94. The van der Waals surface area contributed by atoms with Crippen LogP contribution in [0.5, 0.6) is 0 Å². The Bertz CT molecular complexity index is 531. The van der Waals surface area contributed by atoms with Crippen molar-refractivity contribution in [3.8, 4) is 0 Å². The van der Waals surface area contributed by atoms with E-state index >= 15 is 0 Å². The van der Waals surface area contributed by atoms with E-state index in [9.17, 15) is 0 Å². The van der Waals surface area contributed by atoms with Crippen LogP contribution >= 0.6 is 0 Å². The summed E-state index contributed by atoms with van der Waals surface area (Å²) in [5.74, 6) is 1.15. The molecule has 108 valence electrons. The van der Waals surface area contributed by atoms with E-state index in [2.05, 4.69) is 60.0 Å². The number of hydrogen-bond donors (Lipinski definition) is 1. The van der Waals surface area contributed by atoms with Crippen molar-refractivity contribution in [3.63, 3.8) is 0 Å². The van der Waals surface area contributed by atoms with Crippen LogP contribution in [0.25, 0.3) is 0 Å². The van der Waals surface area contributed by atoms with Crippen LogP contribution < -0.4 is 5.32 Å². The molecule has 0 amide bonds. The fourth-order valence-electron chi connectivity index (χ4n) is 2.59. The molecule has 2 aromatic rings. The first-order chi connectivity index (χ1) is 9.69. The van der Waals surface area contributed by atoms with E-state index in [1.54, 1.807) is 0 Å². The lowest BCUT2D eigenvalue weighted by atomic mass is 10.0. The highest BCUT2D eigenvalue weighted by Crippen LogP contribution is 2.10. The van der Waals surface area contributed by atoms with Crippen LogP contribution in [-0.4, -0.2) is 22.1 Å². The number of rotatable bonds is 7. The quantitative estimate of drug-likeness (QED) is 0.839. The molecule has 1 atom stereocenters. The molecule has 20 heavy (non-hydrogen) atoms. The molecule has 0 aliphatic rings. The molecule has 0 saturated carbocycles. The van der Waals surface area contributed by atoms with Gasteiger partial charge in [-0.3, -0.25) is 0 Å². The second-order valence-electron chi connectivity index (χ2n) is 5.44. The van der Waals surface area contributed by atoms with Crippen LogP contribution in [0.2, 0.25) is 0 Å². The lowest BCUT2D eigenvalue weighted by molar-refractivity contribution is 0.476. The van der Waals surface area contributed by atoms with Gasteiger partial charge in [-0.05, 0) is 31.9 Å². The monoisotopic (exact) mass is 271 g/mol. The highest BCUT2D eigenvalue weighted by molar-refractivity contribution is 5.22. The SMILES string of the molecule is CCNC(CCc1cccc(C)c1)Cc1nccn1C. The van der Waals surface area contributed by atoms with Gasteiger partial charge in [-0.15, -0.1) is 0 Å². The Morgan fingerprint density at radius 2 is 2.20 bits per heavy atom. The number of hydrogen-bond acceptors (Lipinski definition) is 2. The third kappa shape index (κ3) is 4.20. The summed E-state index contributed by atoms with van der Waals surface area (Å²) in [6.07, 6.45) is 7.13. The number of nitrogens with one attached hydrogen (secondary N) is 1. The van der Waals surface area contributed by atoms with Crippen molar-refractivity contribution in [2.24, 2.45) is 7.05 Å². The van der Waals surface area contributed by atoms with Crippen LogP contribution in [-0.2, 0) is 19.9 Å². The molecule has 0 radical (unpaired) electrons. The lowest BCUT2D eigenvalue weighted by Gasteiger charge is -2.17. The minimum Gasteiger partial charge on any atom is -0.338 e. The summed E-state index contributed by atoms with van der Waals surface area (Å²) in [7, 11) is 2.06. The van der Waals surface area contributed by atoms with Gasteiger partial charge >= 0.3 is 0 Å². The minimum atomic E-state index is 0.488. The van der Waals surface area contributed by atoms with Gasteiger partial charge < -0.3 is 9.88 Å². The molecule has 0 aliphatic carbocycles. The summed E-state index contributed by atoms with van der Waals surface area (Å²) < 4.78 is 2.11. The third-order valence-corrected chi connectivity index (χ3v) is 3.71. The summed E-state index contributed by atoms with van der Waals surface area (Å²) >= 11 is 0. The fraction of sp³-hybridized carbons (Fsp3) is 0.471. The zero-order valence-corrected chi connectivity index (χ0v) is 12.8. The van der Waals surface area contributed by atoms with Crippen LogP contribution in [0.4, 0.5) is 0 Å². The van der Waals surface area contributed by atoms with Gasteiger partial charge in [0.05, 0.1) is 0 Å². The second kappa shape index (κ2) is 7.25. The Labute approximate surface area is 122 Å². The first kappa shape index (κ1) is 14.8. The predicted octanol–water partition coefficient (Wildman–Crippen LogP) is 2.88. The molecule has 1 N–H and O–H groups in total. The fourth-order valence-corrected chi connectivity index (χ4v) is 2.59. The molecule has 3 nitrogen and oxygen atoms in total. The van der Waals surface area contributed by atoms with Crippen molar-refractivity contribution in [2.75, 3.05) is 6.54 Å². The standard InChI is InChI=1S/C17H25N3/c1-4-18-16(13-17-19-10-11-20(17)3)9-8-15-7-5-6-14(2)12-15/h5-7,10-12,16,18H,4,8-9,13H2,1-3H3. The van der Waals surface area contributed by atoms with E-state index in [0.717, 1.165) is 31.6 Å². The topological polar surface area (TPSA) is 29.9 Å². The molecule has 3 heteroatoms. The molecular formula is C17H25N3. The average molecular weight is 271 g/mol. The largest absolute Gasteiger partial charge is 0.338 e. The van der Waals surface area contributed by atoms with Crippen molar-refractivity contribution in [1.82, 2.24) is 14.9 Å². The second-order valence-corrected chi connectivity index (χ2v) is 5.44. The molecule has 1 aromatic heterocycles. The van der Waals surface area contributed by atoms with Gasteiger partial charge in [-0.1, -0.05) is 36.8 Å². The summed E-state index contributed by atoms with van der Waals surface area (Å²) in [6.45, 7) is 5.32. The minimum absolute atomic E-state index is 0.488. The highest BCUT2D eigenvalue weighted by Gasteiger charge is 2.11. The third-order valence-electron chi connectivity index (χ3n) is 3.71. The van der Waals surface area contributed by atoms with Gasteiger partial charge in [0.2, 0.25) is 0 Å². The smallest absolute Gasteiger partial charge is 0.109 e. The zero-order chi connectivity index (χ0) is 14.4. The molecule has 0 aliphatic heterocycles. The first-order valence-electron chi connectivity index (χ1n) is 7.44. The Morgan fingerprint density at radius 3 is 2.85 bits per heavy atom. The van der Waals surface area contributed by atoms with Crippen LogP contribution in [0.15, 0.2) is 36.7 Å². The Kier molecular flexibility index (Phi) is 5.36. The molecule has 2 rings (SSSR count). The van der Waals surface area contributed by atoms with Gasteiger partial charge in [0.25, 0.3) is 0 Å². The molecule has 1 heterocycles. The molecule has 0 spiro atoms. The van der Waals surface area contributed by atoms with Gasteiger partial charge in [0, 0.05) is 31.9 Å². The molecule has 1 unspecified atom stereocenters. The van der Waals surface area contributed by atoms with Gasteiger partial charge in [0.15, 0.2) is 0 Å². The van der Waals surface area contributed by atoms with Gasteiger partial charge in [0.1, 0.15) is 5.82 Å². The summed E-state index contributed by atoms with van der Waals surface area (Å²) in [5.41, 5.74) is 2.76. The number of nitrogens with zero attached hydrogens (tertiary/aromatic N) is 2. The van der Waals surface area contributed by atoms with E-state index in [1.165, 1.54) is 11.1 Å². The van der Waals surface area contributed by atoms with E-state index in [0.29, 0.717) is 6.04 Å². The van der Waals surface area contributed by atoms with Crippen LogP contribution in [0.1, 0.15) is 30.3 Å². The summed E-state index contributed by atoms with van der Waals surface area (Å²) in [5, 5.41) is 3.58. The maximum absolute atomic E-state index is 4.43. The maximum Gasteiger partial charge on any atom is 0.109 e. The Hall–Kier alpha value is -1.61. The molecule has 0 saturated heterocycles. The van der Waals surface area contributed by atoms with Crippen LogP contribution in [0.3, 0.4) is 0 Å². The van der Waals surface area contributed by atoms with Crippen LogP contribution in [0, 0.1) is 6.92 Å². The van der Waals surface area contributed by atoms with Crippen molar-refractivity contribution >= 4 is 0 Å². The van der Waals surface area contributed by atoms with Gasteiger partial charge in [-0.25, -0.2) is 4.98 Å². The number of aromatic nitrogens is 2. The number of benzene rings is 1. The molecule has 1 aromatic carbocycles. The highest BCUT2D eigenvalue weighted by atomic mass is 15.0. The molecule has 0 fully saturated rings. The van der Waals surface area contributed by atoms with E-state index in [1.807, 2.05) is 12.4 Å². The molecular weight excluding hydrogens is 246 g/mol. The van der Waals surface area contributed by atoms with Crippen molar-refractivity contribution < 1.29 is 0 Å². The lowest BCUT2D eigenvalue weighted by Crippen LogP contribution is -2.32. The maximum atomic E-state index is 4.43. The number of aryl methyl sites for hydroxylation is 3. The van der Waals surface area contributed by atoms with E-state index < -0.39 is 0 Å². The summed E-state index contributed by atoms with van der Waals surface area (Å²) in [4.78, 5) is 4.43. The predicted molar refractivity (Wildman–Crippen MR) is 83.9 cm³/mol. The average Bonchev–Trinajstić information content (AvgIpc) is 2.82.